The second-order valence-electron chi connectivity index (χ2n) is 6.17. The average molecular weight is 377 g/mol. The van der Waals surface area contributed by atoms with Crippen molar-refractivity contribution in [2.24, 2.45) is 0 Å². The van der Waals surface area contributed by atoms with Gasteiger partial charge in [0.25, 0.3) is 5.56 Å². The molecule has 0 radical (unpaired) electrons. The van der Waals surface area contributed by atoms with Crippen molar-refractivity contribution in [2.45, 2.75) is 6.42 Å². The number of para-hydroxylation sites is 1. The fourth-order valence-electron chi connectivity index (χ4n) is 2.91. The van der Waals surface area contributed by atoms with Gasteiger partial charge in [-0.1, -0.05) is 30.3 Å². The van der Waals surface area contributed by atoms with Gasteiger partial charge in [-0.2, -0.15) is 4.98 Å². The fraction of sp³-hybridized carbons (Fsp3) is 0.100. The Bertz CT molecular complexity index is 1250. The highest BCUT2D eigenvalue weighted by atomic mass is 19.1. The van der Waals surface area contributed by atoms with Crippen LogP contribution in [0.4, 0.5) is 10.3 Å². The lowest BCUT2D eigenvalue weighted by atomic mass is 10.1. The van der Waals surface area contributed by atoms with E-state index in [0.29, 0.717) is 18.7 Å². The minimum atomic E-state index is -0.576. The molecular formula is C20H16FN5O2. The molecule has 0 atom stereocenters. The number of hydrogen-bond donors (Lipinski definition) is 2. The molecule has 2 aromatic heterocycles. The van der Waals surface area contributed by atoms with Crippen LogP contribution in [0.25, 0.3) is 16.7 Å². The molecular weight excluding hydrogens is 361 g/mol. The number of nitrogens with zero attached hydrogens (tertiary/aromatic N) is 3. The van der Waals surface area contributed by atoms with E-state index in [2.05, 4.69) is 20.3 Å². The second kappa shape index (κ2) is 7.43. The van der Waals surface area contributed by atoms with Gasteiger partial charge >= 0.3 is 5.69 Å². The minimum absolute atomic E-state index is 0.158. The van der Waals surface area contributed by atoms with Gasteiger partial charge in [0.05, 0.1) is 5.69 Å². The molecule has 0 saturated carbocycles. The van der Waals surface area contributed by atoms with Crippen LogP contribution >= 0.6 is 0 Å². The van der Waals surface area contributed by atoms with Gasteiger partial charge in [-0.05, 0) is 36.2 Å². The zero-order valence-corrected chi connectivity index (χ0v) is 14.7. The Balaban J connectivity index is 1.60. The summed E-state index contributed by atoms with van der Waals surface area (Å²) in [7, 11) is 0. The van der Waals surface area contributed by atoms with E-state index in [1.165, 1.54) is 18.3 Å². The molecule has 4 rings (SSSR count). The number of anilines is 1. The molecule has 8 heteroatoms. The largest absolute Gasteiger partial charge is 0.354 e. The molecule has 0 aliphatic carbocycles. The summed E-state index contributed by atoms with van der Waals surface area (Å²) in [5, 5.41) is 3.22. The van der Waals surface area contributed by atoms with Gasteiger partial charge < -0.3 is 5.32 Å². The second-order valence-corrected chi connectivity index (χ2v) is 6.17. The Morgan fingerprint density at radius 1 is 1.07 bits per heavy atom. The number of fused-ring (bicyclic) bond motifs is 1. The molecule has 0 aliphatic heterocycles. The summed E-state index contributed by atoms with van der Waals surface area (Å²) in [6.45, 7) is 0.472. The number of hydrogen-bond acceptors (Lipinski definition) is 5. The smallest absolute Gasteiger partial charge is 0.334 e. The summed E-state index contributed by atoms with van der Waals surface area (Å²) < 4.78 is 14.3. The maximum absolute atomic E-state index is 13.2. The molecule has 0 fully saturated rings. The van der Waals surface area contributed by atoms with Crippen LogP contribution in [0.1, 0.15) is 5.56 Å². The van der Waals surface area contributed by atoms with Crippen LogP contribution in [0.5, 0.6) is 0 Å². The molecule has 0 aliphatic rings. The van der Waals surface area contributed by atoms with Gasteiger partial charge in [-0.15, -0.1) is 0 Å². The topological polar surface area (TPSA) is 92.7 Å². The summed E-state index contributed by atoms with van der Waals surface area (Å²) in [5.74, 6) is -0.0110. The maximum atomic E-state index is 13.2. The quantitative estimate of drug-likeness (QED) is 0.557. The Hall–Kier alpha value is -3.81. The van der Waals surface area contributed by atoms with Gasteiger partial charge in [0, 0.05) is 12.7 Å². The lowest BCUT2D eigenvalue weighted by Gasteiger charge is -2.08. The number of rotatable bonds is 5. The molecule has 2 N–H and O–H groups in total. The molecule has 0 amide bonds. The lowest BCUT2D eigenvalue weighted by molar-refractivity contribution is 0.625. The molecule has 28 heavy (non-hydrogen) atoms. The molecule has 140 valence electrons. The minimum Gasteiger partial charge on any atom is -0.354 e. The van der Waals surface area contributed by atoms with Crippen molar-refractivity contribution in [3.05, 3.63) is 93.0 Å². The van der Waals surface area contributed by atoms with Crippen molar-refractivity contribution in [1.82, 2.24) is 19.5 Å². The van der Waals surface area contributed by atoms with Crippen molar-refractivity contribution in [1.29, 1.82) is 0 Å². The first-order valence-corrected chi connectivity index (χ1v) is 8.67. The van der Waals surface area contributed by atoms with Crippen LogP contribution in [0.3, 0.4) is 0 Å². The first-order chi connectivity index (χ1) is 13.6. The zero-order valence-electron chi connectivity index (χ0n) is 14.7. The van der Waals surface area contributed by atoms with Gasteiger partial charge in [-0.25, -0.2) is 18.7 Å². The first kappa shape index (κ1) is 17.6. The van der Waals surface area contributed by atoms with Crippen LogP contribution in [0.15, 0.2) is 70.4 Å². The molecule has 0 bridgehead atoms. The van der Waals surface area contributed by atoms with E-state index in [1.807, 2.05) is 6.07 Å². The molecule has 2 heterocycles. The highest BCUT2D eigenvalue weighted by Crippen LogP contribution is 2.08. The maximum Gasteiger partial charge on any atom is 0.334 e. The highest BCUT2D eigenvalue weighted by Gasteiger charge is 2.11. The summed E-state index contributed by atoms with van der Waals surface area (Å²) in [6, 6.07) is 15.0. The monoisotopic (exact) mass is 377 g/mol. The van der Waals surface area contributed by atoms with Crippen molar-refractivity contribution in [3.63, 3.8) is 0 Å². The average Bonchev–Trinajstić information content (AvgIpc) is 2.69. The Kier molecular flexibility index (Phi) is 4.67. The van der Waals surface area contributed by atoms with E-state index in [0.717, 1.165) is 10.1 Å². The van der Waals surface area contributed by atoms with Crippen LogP contribution in [0.2, 0.25) is 0 Å². The third-order valence-electron chi connectivity index (χ3n) is 4.25. The highest BCUT2D eigenvalue weighted by molar-refractivity contribution is 5.73. The van der Waals surface area contributed by atoms with Crippen LogP contribution in [0, 0.1) is 5.82 Å². The first-order valence-electron chi connectivity index (χ1n) is 8.67. The van der Waals surface area contributed by atoms with Gasteiger partial charge in [-0.3, -0.25) is 9.78 Å². The molecule has 0 saturated heterocycles. The van der Waals surface area contributed by atoms with Crippen LogP contribution in [-0.4, -0.2) is 26.1 Å². The zero-order chi connectivity index (χ0) is 19.5. The van der Waals surface area contributed by atoms with Crippen molar-refractivity contribution in [3.8, 4) is 5.69 Å². The number of aromatic nitrogens is 4. The molecule has 2 aromatic carbocycles. The van der Waals surface area contributed by atoms with Gasteiger partial charge in [0.15, 0.2) is 5.65 Å². The fourth-order valence-corrected chi connectivity index (χ4v) is 2.91. The number of H-pyrrole nitrogens is 1. The Morgan fingerprint density at radius 3 is 2.68 bits per heavy atom. The van der Waals surface area contributed by atoms with Crippen molar-refractivity contribution in [2.75, 3.05) is 11.9 Å². The predicted molar refractivity (Wildman–Crippen MR) is 104 cm³/mol. The third kappa shape index (κ3) is 3.52. The third-order valence-corrected chi connectivity index (χ3v) is 4.25. The van der Waals surface area contributed by atoms with E-state index >= 15 is 0 Å². The summed E-state index contributed by atoms with van der Waals surface area (Å²) in [4.78, 5) is 36.1. The molecule has 7 nitrogen and oxygen atoms in total. The number of aromatic amines is 1. The summed E-state index contributed by atoms with van der Waals surface area (Å²) in [5.41, 5.74) is 0.398. The normalized spacial score (nSPS) is 10.9. The Morgan fingerprint density at radius 2 is 1.89 bits per heavy atom. The van der Waals surface area contributed by atoms with E-state index in [1.54, 1.807) is 36.4 Å². The van der Waals surface area contributed by atoms with E-state index in [4.69, 9.17) is 0 Å². The Labute approximate surface area is 158 Å². The van der Waals surface area contributed by atoms with Crippen molar-refractivity contribution < 1.29 is 4.39 Å². The molecule has 0 spiro atoms. The molecule has 4 aromatic rings. The summed E-state index contributed by atoms with van der Waals surface area (Å²) in [6.07, 6.45) is 1.95. The van der Waals surface area contributed by atoms with Crippen LogP contribution in [-0.2, 0) is 6.42 Å². The number of halogens is 1. The van der Waals surface area contributed by atoms with Crippen molar-refractivity contribution >= 4 is 17.0 Å². The van der Waals surface area contributed by atoms with E-state index in [-0.39, 0.29) is 22.8 Å². The molecule has 0 unspecified atom stereocenters. The predicted octanol–water partition coefficient (Wildman–Crippen LogP) is 2.26. The van der Waals surface area contributed by atoms with E-state index < -0.39 is 11.2 Å². The number of benzene rings is 2. The number of nitrogens with one attached hydrogen (secondary N) is 2. The van der Waals surface area contributed by atoms with Crippen LogP contribution < -0.4 is 16.6 Å². The van der Waals surface area contributed by atoms with Gasteiger partial charge in [0.2, 0.25) is 5.95 Å². The summed E-state index contributed by atoms with van der Waals surface area (Å²) >= 11 is 0. The SMILES string of the molecule is O=c1[nH]c2nc(NCCc3cccc(F)c3)ncc2c(=O)n1-c1ccccc1. The lowest BCUT2D eigenvalue weighted by Crippen LogP contribution is -2.34. The van der Waals surface area contributed by atoms with Gasteiger partial charge in [0.1, 0.15) is 11.2 Å². The standard InChI is InChI=1S/C20H16FN5O2/c21-14-6-4-5-13(11-14)9-10-22-19-23-12-16-17(24-19)25-20(28)26(18(16)27)15-7-2-1-3-8-15/h1-8,11-12H,9-10H2,(H2,22,23,24,25,28). The van der Waals surface area contributed by atoms with E-state index in [9.17, 15) is 14.0 Å².